The summed E-state index contributed by atoms with van der Waals surface area (Å²) < 4.78 is 5.57. The van der Waals surface area contributed by atoms with Crippen molar-refractivity contribution in [1.29, 1.82) is 0 Å². The van der Waals surface area contributed by atoms with Crippen molar-refractivity contribution in [1.82, 2.24) is 4.98 Å². The number of hydrogen-bond donors (Lipinski definition) is 1. The van der Waals surface area contributed by atoms with Crippen molar-refractivity contribution in [2.75, 3.05) is 12.3 Å². The van der Waals surface area contributed by atoms with Gasteiger partial charge >= 0.3 is 0 Å². The van der Waals surface area contributed by atoms with Gasteiger partial charge < -0.3 is 10.5 Å². The molecule has 90 valence electrons. The first-order valence-electron chi connectivity index (χ1n) is 6.03. The summed E-state index contributed by atoms with van der Waals surface area (Å²) in [5, 5.41) is 1.11. The molecule has 0 bridgehead atoms. The Morgan fingerprint density at radius 3 is 2.94 bits per heavy atom. The lowest BCUT2D eigenvalue weighted by Gasteiger charge is -2.07. The number of fused-ring (bicyclic) bond motifs is 1. The topological polar surface area (TPSA) is 48.1 Å². The molecule has 0 unspecified atom stereocenters. The van der Waals surface area contributed by atoms with Crippen molar-refractivity contribution in [3.05, 3.63) is 35.9 Å². The Labute approximate surface area is 102 Å². The van der Waals surface area contributed by atoms with Crippen molar-refractivity contribution < 1.29 is 4.74 Å². The Morgan fingerprint density at radius 1 is 1.29 bits per heavy atom. The van der Waals surface area contributed by atoms with Crippen LogP contribution >= 0.6 is 0 Å². The van der Waals surface area contributed by atoms with Gasteiger partial charge in [-0.3, -0.25) is 0 Å². The maximum atomic E-state index is 5.91. The van der Waals surface area contributed by atoms with E-state index in [0.29, 0.717) is 12.4 Å². The number of nitrogen functional groups attached to an aromatic ring is 1. The summed E-state index contributed by atoms with van der Waals surface area (Å²) in [6, 6.07) is 10.0. The molecule has 2 rings (SSSR count). The summed E-state index contributed by atoms with van der Waals surface area (Å²) in [4.78, 5) is 4.37. The highest BCUT2D eigenvalue weighted by molar-refractivity contribution is 5.81. The summed E-state index contributed by atoms with van der Waals surface area (Å²) in [7, 11) is 0. The first-order chi connectivity index (χ1) is 8.31. The number of anilines is 1. The fraction of sp³-hybridized carbons (Fsp3) is 0.357. The van der Waals surface area contributed by atoms with Gasteiger partial charge in [-0.25, -0.2) is 4.98 Å². The number of rotatable bonds is 5. The van der Waals surface area contributed by atoms with Gasteiger partial charge in [-0.2, -0.15) is 0 Å². The SMILES string of the molecule is CCCCOCc1cc2ccccc2nc1N. The van der Waals surface area contributed by atoms with E-state index in [2.05, 4.69) is 18.0 Å². The third-order valence-corrected chi connectivity index (χ3v) is 2.74. The molecule has 2 aromatic rings. The molecule has 0 spiro atoms. The van der Waals surface area contributed by atoms with Crippen molar-refractivity contribution in [2.45, 2.75) is 26.4 Å². The van der Waals surface area contributed by atoms with E-state index in [-0.39, 0.29) is 0 Å². The minimum absolute atomic E-state index is 0.545. The number of nitrogens with two attached hydrogens (primary N) is 1. The molecule has 3 heteroatoms. The molecular weight excluding hydrogens is 212 g/mol. The molecule has 1 aromatic carbocycles. The molecule has 0 amide bonds. The minimum Gasteiger partial charge on any atom is -0.383 e. The fourth-order valence-electron chi connectivity index (χ4n) is 1.72. The van der Waals surface area contributed by atoms with Crippen LogP contribution in [0.25, 0.3) is 10.9 Å². The van der Waals surface area contributed by atoms with Crippen LogP contribution in [0.5, 0.6) is 0 Å². The largest absolute Gasteiger partial charge is 0.383 e. The second-order valence-corrected chi connectivity index (χ2v) is 4.13. The van der Waals surface area contributed by atoms with Crippen LogP contribution in [0, 0.1) is 0 Å². The predicted octanol–water partition coefficient (Wildman–Crippen LogP) is 3.13. The third-order valence-electron chi connectivity index (χ3n) is 2.74. The number of pyridine rings is 1. The fourth-order valence-corrected chi connectivity index (χ4v) is 1.72. The van der Waals surface area contributed by atoms with E-state index in [9.17, 15) is 0 Å². The lowest BCUT2D eigenvalue weighted by atomic mass is 10.1. The van der Waals surface area contributed by atoms with Crippen LogP contribution in [0.2, 0.25) is 0 Å². The maximum Gasteiger partial charge on any atom is 0.129 e. The molecular formula is C14H18N2O. The Morgan fingerprint density at radius 2 is 2.12 bits per heavy atom. The molecule has 0 saturated heterocycles. The summed E-state index contributed by atoms with van der Waals surface area (Å²) in [5.41, 5.74) is 7.81. The van der Waals surface area contributed by atoms with E-state index in [1.54, 1.807) is 0 Å². The number of benzene rings is 1. The molecule has 17 heavy (non-hydrogen) atoms. The minimum atomic E-state index is 0.545. The number of ether oxygens (including phenoxy) is 1. The maximum absolute atomic E-state index is 5.91. The van der Waals surface area contributed by atoms with Gasteiger partial charge in [0.15, 0.2) is 0 Å². The molecule has 3 nitrogen and oxygen atoms in total. The first-order valence-corrected chi connectivity index (χ1v) is 6.03. The average Bonchev–Trinajstić information content (AvgIpc) is 2.35. The van der Waals surface area contributed by atoms with Crippen molar-refractivity contribution in [2.24, 2.45) is 0 Å². The normalized spacial score (nSPS) is 10.9. The van der Waals surface area contributed by atoms with E-state index in [1.165, 1.54) is 0 Å². The second kappa shape index (κ2) is 5.64. The summed E-state index contributed by atoms with van der Waals surface area (Å²) in [6.07, 6.45) is 2.23. The van der Waals surface area contributed by atoms with Crippen LogP contribution in [0.3, 0.4) is 0 Å². The first kappa shape index (κ1) is 11.9. The molecule has 1 aromatic heterocycles. The highest BCUT2D eigenvalue weighted by Crippen LogP contribution is 2.18. The van der Waals surface area contributed by atoms with Gasteiger partial charge in [0.05, 0.1) is 12.1 Å². The molecule has 0 atom stereocenters. The molecule has 0 radical (unpaired) electrons. The smallest absolute Gasteiger partial charge is 0.129 e. The van der Waals surface area contributed by atoms with Gasteiger partial charge in [0, 0.05) is 17.6 Å². The zero-order valence-corrected chi connectivity index (χ0v) is 10.1. The third kappa shape index (κ3) is 2.94. The lowest BCUT2D eigenvalue weighted by molar-refractivity contribution is 0.118. The van der Waals surface area contributed by atoms with Crippen molar-refractivity contribution in [3.63, 3.8) is 0 Å². The van der Waals surface area contributed by atoms with Crippen LogP contribution in [0.1, 0.15) is 25.3 Å². The monoisotopic (exact) mass is 230 g/mol. The zero-order chi connectivity index (χ0) is 12.1. The van der Waals surface area contributed by atoms with Crippen LogP contribution in [0.4, 0.5) is 5.82 Å². The standard InChI is InChI=1S/C14H18N2O/c1-2-3-8-17-10-12-9-11-6-4-5-7-13(11)16-14(12)15/h4-7,9H,2-3,8,10H2,1H3,(H2,15,16). The Balaban J connectivity index is 2.14. The molecule has 0 aliphatic carbocycles. The molecule has 0 aliphatic heterocycles. The average molecular weight is 230 g/mol. The van der Waals surface area contributed by atoms with E-state index in [1.807, 2.05) is 24.3 Å². The quantitative estimate of drug-likeness (QED) is 0.803. The number of aromatic nitrogens is 1. The molecule has 0 saturated carbocycles. The number of nitrogens with zero attached hydrogens (tertiary/aromatic N) is 1. The van der Waals surface area contributed by atoms with Crippen LogP contribution < -0.4 is 5.73 Å². The van der Waals surface area contributed by atoms with E-state index in [0.717, 1.165) is 35.9 Å². The molecule has 0 fully saturated rings. The summed E-state index contributed by atoms with van der Waals surface area (Å²) >= 11 is 0. The van der Waals surface area contributed by atoms with Gasteiger partial charge in [0.1, 0.15) is 5.82 Å². The van der Waals surface area contributed by atoms with Gasteiger partial charge in [-0.05, 0) is 18.6 Å². The Bertz CT molecular complexity index is 497. The summed E-state index contributed by atoms with van der Waals surface area (Å²) in [6.45, 7) is 3.47. The van der Waals surface area contributed by atoms with E-state index >= 15 is 0 Å². The molecule has 1 heterocycles. The van der Waals surface area contributed by atoms with Crippen LogP contribution in [-0.4, -0.2) is 11.6 Å². The predicted molar refractivity (Wildman–Crippen MR) is 70.7 cm³/mol. The lowest BCUT2D eigenvalue weighted by Crippen LogP contribution is -2.01. The van der Waals surface area contributed by atoms with Gasteiger partial charge in [-0.15, -0.1) is 0 Å². The molecule has 0 aliphatic rings. The summed E-state index contributed by atoms with van der Waals surface area (Å²) in [5.74, 6) is 0.570. The Kier molecular flexibility index (Phi) is 3.94. The number of para-hydroxylation sites is 1. The number of hydrogen-bond acceptors (Lipinski definition) is 3. The second-order valence-electron chi connectivity index (χ2n) is 4.13. The highest BCUT2D eigenvalue weighted by Gasteiger charge is 2.03. The Hall–Kier alpha value is -1.61. The highest BCUT2D eigenvalue weighted by atomic mass is 16.5. The van der Waals surface area contributed by atoms with E-state index in [4.69, 9.17) is 10.5 Å². The molecule has 2 N–H and O–H groups in total. The van der Waals surface area contributed by atoms with Crippen LogP contribution in [-0.2, 0) is 11.3 Å². The van der Waals surface area contributed by atoms with Crippen LogP contribution in [0.15, 0.2) is 30.3 Å². The van der Waals surface area contributed by atoms with Gasteiger partial charge in [0.2, 0.25) is 0 Å². The zero-order valence-electron chi connectivity index (χ0n) is 10.1. The van der Waals surface area contributed by atoms with Crippen molar-refractivity contribution >= 4 is 16.7 Å². The van der Waals surface area contributed by atoms with Gasteiger partial charge in [0.25, 0.3) is 0 Å². The van der Waals surface area contributed by atoms with E-state index < -0.39 is 0 Å². The number of unbranched alkanes of at least 4 members (excludes halogenated alkanes) is 1. The van der Waals surface area contributed by atoms with Crippen molar-refractivity contribution in [3.8, 4) is 0 Å². The van der Waals surface area contributed by atoms with Gasteiger partial charge in [-0.1, -0.05) is 31.5 Å².